The first-order chi connectivity index (χ1) is 15.1. The van der Waals surface area contributed by atoms with Crippen LogP contribution in [0.4, 0.5) is 10.8 Å². The van der Waals surface area contributed by atoms with Crippen LogP contribution in [0.15, 0.2) is 36.4 Å². The van der Waals surface area contributed by atoms with E-state index >= 15 is 0 Å². The highest BCUT2D eigenvalue weighted by Crippen LogP contribution is 2.32. The molecule has 0 saturated carbocycles. The normalized spacial score (nSPS) is 13.4. The minimum atomic E-state index is -0.197. The fourth-order valence-corrected chi connectivity index (χ4v) is 4.69. The molecule has 2 heterocycles. The molecule has 1 aromatic heterocycles. The van der Waals surface area contributed by atoms with E-state index in [-0.39, 0.29) is 24.5 Å². The van der Waals surface area contributed by atoms with Gasteiger partial charge in [0.2, 0.25) is 5.91 Å². The van der Waals surface area contributed by atoms with Gasteiger partial charge in [0, 0.05) is 37.2 Å². The van der Waals surface area contributed by atoms with E-state index in [1.807, 2.05) is 18.2 Å². The molecule has 7 nitrogen and oxygen atoms in total. The number of ether oxygens (including phenoxy) is 2. The average Bonchev–Trinajstić information content (AvgIpc) is 3.46. The van der Waals surface area contributed by atoms with Gasteiger partial charge in [0.05, 0.1) is 24.4 Å². The molecule has 1 saturated heterocycles. The van der Waals surface area contributed by atoms with Crippen molar-refractivity contribution in [1.29, 1.82) is 0 Å². The average molecular weight is 440 g/mol. The Morgan fingerprint density at radius 1 is 1.03 bits per heavy atom. The number of methoxy groups -OCH3 is 2. The number of ketones is 1. The van der Waals surface area contributed by atoms with Gasteiger partial charge >= 0.3 is 0 Å². The number of nitrogens with one attached hydrogen (secondary N) is 1. The van der Waals surface area contributed by atoms with E-state index in [2.05, 4.69) is 10.2 Å². The third-order valence-electron chi connectivity index (χ3n) is 5.32. The first-order valence-corrected chi connectivity index (χ1v) is 11.1. The standard InChI is InChI=1S/C23H25N3O4S/c1-29-19-9-5-15(13-20(19)30-2)18(27)8-10-22(28)24-16-6-7-17-21(14-16)31-23(25-17)26-11-3-4-12-26/h5-7,9,13-14H,3-4,8,10-12H2,1-2H3,(H,24,28). The smallest absolute Gasteiger partial charge is 0.224 e. The number of Topliss-reactive ketones (excluding diaryl/α,β-unsaturated/α-hetero) is 1. The molecule has 2 aromatic carbocycles. The first kappa shape index (κ1) is 21.1. The Kier molecular flexibility index (Phi) is 6.36. The van der Waals surface area contributed by atoms with Gasteiger partial charge in [-0.1, -0.05) is 11.3 Å². The van der Waals surface area contributed by atoms with E-state index in [0.717, 1.165) is 28.4 Å². The van der Waals surface area contributed by atoms with Gasteiger partial charge in [-0.2, -0.15) is 0 Å². The quantitative estimate of drug-likeness (QED) is 0.520. The maximum atomic E-state index is 12.5. The summed E-state index contributed by atoms with van der Waals surface area (Å²) in [7, 11) is 3.06. The predicted molar refractivity (Wildman–Crippen MR) is 123 cm³/mol. The molecule has 1 amide bonds. The molecular weight excluding hydrogens is 414 g/mol. The number of rotatable bonds is 8. The van der Waals surface area contributed by atoms with Gasteiger partial charge in [-0.15, -0.1) is 0 Å². The lowest BCUT2D eigenvalue weighted by molar-refractivity contribution is -0.116. The molecule has 0 aliphatic carbocycles. The number of thiazole rings is 1. The third kappa shape index (κ3) is 4.80. The number of benzene rings is 2. The summed E-state index contributed by atoms with van der Waals surface area (Å²) in [6, 6.07) is 10.7. The van der Waals surface area contributed by atoms with Crippen molar-refractivity contribution < 1.29 is 19.1 Å². The second-order valence-corrected chi connectivity index (χ2v) is 8.42. The van der Waals surface area contributed by atoms with E-state index < -0.39 is 0 Å². The Labute approximate surface area is 185 Å². The van der Waals surface area contributed by atoms with Gasteiger partial charge < -0.3 is 19.7 Å². The fourth-order valence-electron chi connectivity index (χ4n) is 3.64. The van der Waals surface area contributed by atoms with Crippen molar-refractivity contribution in [3.8, 4) is 11.5 Å². The zero-order valence-corrected chi connectivity index (χ0v) is 18.5. The molecule has 0 radical (unpaired) electrons. The minimum Gasteiger partial charge on any atom is -0.493 e. The van der Waals surface area contributed by atoms with Gasteiger partial charge in [0.25, 0.3) is 0 Å². The predicted octanol–water partition coefficient (Wildman–Crippen LogP) is 4.52. The zero-order chi connectivity index (χ0) is 21.8. The van der Waals surface area contributed by atoms with Crippen molar-refractivity contribution in [1.82, 2.24) is 4.98 Å². The van der Waals surface area contributed by atoms with Gasteiger partial charge in [0.1, 0.15) is 0 Å². The number of carbonyl (C=O) groups is 2. The van der Waals surface area contributed by atoms with Crippen LogP contribution in [-0.2, 0) is 4.79 Å². The van der Waals surface area contributed by atoms with Crippen molar-refractivity contribution >= 4 is 44.1 Å². The Morgan fingerprint density at radius 2 is 1.81 bits per heavy atom. The Balaban J connectivity index is 1.36. The van der Waals surface area contributed by atoms with Crippen LogP contribution in [0, 0.1) is 0 Å². The van der Waals surface area contributed by atoms with Crippen LogP contribution < -0.4 is 19.7 Å². The lowest BCUT2D eigenvalue weighted by Crippen LogP contribution is -2.16. The second kappa shape index (κ2) is 9.34. The van der Waals surface area contributed by atoms with Crippen LogP contribution in [0.3, 0.4) is 0 Å². The molecule has 1 aliphatic rings. The fraction of sp³-hybridized carbons (Fsp3) is 0.348. The summed E-state index contributed by atoms with van der Waals surface area (Å²) < 4.78 is 11.5. The molecule has 31 heavy (non-hydrogen) atoms. The molecule has 0 atom stereocenters. The Hall–Kier alpha value is -3.13. The maximum Gasteiger partial charge on any atom is 0.224 e. The van der Waals surface area contributed by atoms with Crippen molar-refractivity contribution in [2.75, 3.05) is 37.5 Å². The third-order valence-corrected chi connectivity index (χ3v) is 6.40. The summed E-state index contributed by atoms with van der Waals surface area (Å²) in [6.45, 7) is 2.11. The van der Waals surface area contributed by atoms with E-state index in [4.69, 9.17) is 14.5 Å². The lowest BCUT2D eigenvalue weighted by atomic mass is 10.1. The van der Waals surface area contributed by atoms with Crippen LogP contribution in [0.2, 0.25) is 0 Å². The van der Waals surface area contributed by atoms with Crippen LogP contribution in [0.1, 0.15) is 36.0 Å². The highest BCUT2D eigenvalue weighted by Gasteiger charge is 2.17. The van der Waals surface area contributed by atoms with Gasteiger partial charge in [-0.05, 0) is 49.2 Å². The Bertz CT molecular complexity index is 1110. The molecule has 1 N–H and O–H groups in total. The van der Waals surface area contributed by atoms with Crippen LogP contribution >= 0.6 is 11.3 Å². The summed E-state index contributed by atoms with van der Waals surface area (Å²) in [4.78, 5) is 31.9. The molecule has 162 valence electrons. The van der Waals surface area contributed by atoms with Crippen LogP contribution in [0.5, 0.6) is 11.5 Å². The lowest BCUT2D eigenvalue weighted by Gasteiger charge is -2.11. The number of hydrogen-bond acceptors (Lipinski definition) is 7. The summed E-state index contributed by atoms with van der Waals surface area (Å²) >= 11 is 1.65. The summed E-state index contributed by atoms with van der Waals surface area (Å²) in [5.41, 5.74) is 2.15. The van der Waals surface area contributed by atoms with Crippen molar-refractivity contribution in [2.24, 2.45) is 0 Å². The van der Waals surface area contributed by atoms with Gasteiger partial charge in [0.15, 0.2) is 22.4 Å². The summed E-state index contributed by atoms with van der Waals surface area (Å²) in [5.74, 6) is 0.730. The second-order valence-electron chi connectivity index (χ2n) is 7.41. The topological polar surface area (TPSA) is 80.8 Å². The maximum absolute atomic E-state index is 12.5. The summed E-state index contributed by atoms with van der Waals surface area (Å²) in [5, 5.41) is 3.93. The van der Waals surface area contributed by atoms with Gasteiger partial charge in [-0.25, -0.2) is 4.98 Å². The van der Waals surface area contributed by atoms with Crippen LogP contribution in [-0.4, -0.2) is 44.0 Å². The molecule has 0 bridgehead atoms. The first-order valence-electron chi connectivity index (χ1n) is 10.3. The monoisotopic (exact) mass is 439 g/mol. The number of fused-ring (bicyclic) bond motifs is 1. The van der Waals surface area contributed by atoms with Crippen LogP contribution in [0.25, 0.3) is 10.2 Å². The number of anilines is 2. The van der Waals surface area contributed by atoms with Crippen molar-refractivity contribution in [2.45, 2.75) is 25.7 Å². The van der Waals surface area contributed by atoms with Crippen molar-refractivity contribution in [3.05, 3.63) is 42.0 Å². The largest absolute Gasteiger partial charge is 0.493 e. The molecule has 0 unspecified atom stereocenters. The molecular formula is C23H25N3O4S. The molecule has 4 rings (SSSR count). The van der Waals surface area contributed by atoms with E-state index in [9.17, 15) is 9.59 Å². The number of carbonyl (C=O) groups excluding carboxylic acids is 2. The number of amides is 1. The SMILES string of the molecule is COc1ccc(C(=O)CCC(=O)Nc2ccc3nc(N4CCCC4)sc3c2)cc1OC. The molecule has 3 aromatic rings. The molecule has 8 heteroatoms. The molecule has 0 spiro atoms. The zero-order valence-electron chi connectivity index (χ0n) is 17.6. The molecule has 1 fully saturated rings. The van der Waals surface area contributed by atoms with Gasteiger partial charge in [-0.3, -0.25) is 9.59 Å². The number of hydrogen-bond donors (Lipinski definition) is 1. The summed E-state index contributed by atoms with van der Waals surface area (Å²) in [6.07, 6.45) is 2.63. The highest BCUT2D eigenvalue weighted by atomic mass is 32.1. The molecule has 1 aliphatic heterocycles. The van der Waals surface area contributed by atoms with Crippen molar-refractivity contribution in [3.63, 3.8) is 0 Å². The van der Waals surface area contributed by atoms with E-state index in [0.29, 0.717) is 22.7 Å². The Morgan fingerprint density at radius 3 is 2.55 bits per heavy atom. The number of aromatic nitrogens is 1. The van der Waals surface area contributed by atoms with E-state index in [1.54, 1.807) is 36.6 Å². The minimum absolute atomic E-state index is 0.104. The highest BCUT2D eigenvalue weighted by molar-refractivity contribution is 7.22. The number of nitrogens with zero attached hydrogens (tertiary/aromatic N) is 2. The van der Waals surface area contributed by atoms with E-state index in [1.165, 1.54) is 20.0 Å².